The minimum Gasteiger partial charge on any atom is -0.396 e. The molecule has 9 nitrogen and oxygen atoms in total. The molecule has 184 valence electrons. The summed E-state index contributed by atoms with van der Waals surface area (Å²) in [6.45, 7) is 3.52. The molecule has 0 saturated heterocycles. The monoisotopic (exact) mass is 475 g/mol. The lowest BCUT2D eigenvalue weighted by Crippen LogP contribution is -2.28. The number of nitrogens with one attached hydrogen (secondary N) is 2. The van der Waals surface area contributed by atoms with Gasteiger partial charge >= 0.3 is 0 Å². The number of nitrogens with two attached hydrogens (primary N) is 2. The molecule has 0 aliphatic carbocycles. The average molecular weight is 476 g/mol. The van der Waals surface area contributed by atoms with Crippen molar-refractivity contribution in [1.29, 1.82) is 0 Å². The molecule has 0 fully saturated rings. The van der Waals surface area contributed by atoms with Gasteiger partial charge in [0.2, 0.25) is 11.9 Å². The van der Waals surface area contributed by atoms with Crippen LogP contribution >= 0.6 is 0 Å². The molecule has 35 heavy (non-hydrogen) atoms. The highest BCUT2D eigenvalue weighted by atomic mass is 16.3. The number of hydrogen-bond donors (Lipinski definition) is 5. The van der Waals surface area contributed by atoms with Gasteiger partial charge in [0, 0.05) is 31.1 Å². The number of rotatable bonds is 12. The van der Waals surface area contributed by atoms with E-state index in [1.807, 2.05) is 30.3 Å². The van der Waals surface area contributed by atoms with Crippen LogP contribution in [0, 0.1) is 0 Å². The molecule has 0 saturated carbocycles. The van der Waals surface area contributed by atoms with E-state index in [4.69, 9.17) is 11.5 Å². The summed E-state index contributed by atoms with van der Waals surface area (Å²) in [6, 6.07) is 16.4. The van der Waals surface area contributed by atoms with Gasteiger partial charge in [0.1, 0.15) is 11.0 Å². The maximum atomic E-state index is 11.0. The largest absolute Gasteiger partial charge is 0.396 e. The number of nitrogen functional groups attached to an aromatic ring is 1. The van der Waals surface area contributed by atoms with E-state index in [0.717, 1.165) is 45.9 Å². The molecule has 0 aliphatic heterocycles. The Bertz CT molecular complexity index is 1310. The van der Waals surface area contributed by atoms with E-state index in [1.54, 1.807) is 0 Å². The van der Waals surface area contributed by atoms with Crippen molar-refractivity contribution < 1.29 is 9.90 Å². The number of carbonyl (C=O) groups is 1. The predicted molar refractivity (Wildman–Crippen MR) is 140 cm³/mol. The van der Waals surface area contributed by atoms with E-state index >= 15 is 0 Å². The summed E-state index contributed by atoms with van der Waals surface area (Å²) < 4.78 is 2.21. The van der Waals surface area contributed by atoms with Gasteiger partial charge in [-0.15, -0.1) is 0 Å². The van der Waals surface area contributed by atoms with Crippen LogP contribution < -0.4 is 22.1 Å². The van der Waals surface area contributed by atoms with Crippen LogP contribution in [0.25, 0.3) is 21.9 Å². The summed E-state index contributed by atoms with van der Waals surface area (Å²) in [5.41, 5.74) is 16.3. The van der Waals surface area contributed by atoms with E-state index in [0.29, 0.717) is 25.3 Å². The molecule has 7 N–H and O–H groups in total. The highest BCUT2D eigenvalue weighted by Gasteiger charge is 2.20. The summed E-state index contributed by atoms with van der Waals surface area (Å²) >= 11 is 0. The fourth-order valence-electron chi connectivity index (χ4n) is 4.55. The van der Waals surface area contributed by atoms with Crippen LogP contribution in [0.15, 0.2) is 48.5 Å². The lowest BCUT2D eigenvalue weighted by atomic mass is 10.1. The third-order valence-electron chi connectivity index (χ3n) is 6.04. The Morgan fingerprint density at radius 1 is 1.11 bits per heavy atom. The van der Waals surface area contributed by atoms with Gasteiger partial charge in [0.25, 0.3) is 0 Å². The highest BCUT2D eigenvalue weighted by Crippen LogP contribution is 2.33. The Morgan fingerprint density at radius 2 is 1.91 bits per heavy atom. The van der Waals surface area contributed by atoms with Gasteiger partial charge < -0.3 is 31.8 Å². The number of hydrogen-bond acceptors (Lipinski definition) is 7. The van der Waals surface area contributed by atoms with Gasteiger partial charge in [0.05, 0.1) is 12.1 Å². The Labute approximate surface area is 204 Å². The van der Waals surface area contributed by atoms with Crippen LogP contribution in [0.4, 0.5) is 11.8 Å². The maximum absolute atomic E-state index is 11.0. The first kappa shape index (κ1) is 24.4. The number of nitrogens with zero attached hydrogens (tertiary/aromatic N) is 3. The number of aliphatic hydroxyl groups excluding tert-OH is 1. The number of aliphatic hydroxyl groups is 1. The van der Waals surface area contributed by atoms with Crippen LogP contribution in [0.3, 0.4) is 0 Å². The second-order valence-corrected chi connectivity index (χ2v) is 8.76. The highest BCUT2D eigenvalue weighted by molar-refractivity contribution is 6.09. The molecule has 0 unspecified atom stereocenters. The molecule has 2 heterocycles. The van der Waals surface area contributed by atoms with Crippen LogP contribution in [0.1, 0.15) is 37.3 Å². The van der Waals surface area contributed by atoms with Gasteiger partial charge in [-0.3, -0.25) is 4.79 Å². The minimum atomic E-state index is -0.381. The number of primary amides is 1. The summed E-state index contributed by atoms with van der Waals surface area (Å²) in [4.78, 5) is 20.2. The molecule has 2 aromatic carbocycles. The average Bonchev–Trinajstić information content (AvgIpc) is 3.13. The number of para-hydroxylation sites is 1. The Hall–Kier alpha value is -3.69. The molecule has 1 amide bonds. The van der Waals surface area contributed by atoms with Crippen molar-refractivity contribution in [2.24, 2.45) is 5.73 Å². The Morgan fingerprint density at radius 3 is 2.69 bits per heavy atom. The third kappa shape index (κ3) is 5.70. The van der Waals surface area contributed by atoms with Crippen molar-refractivity contribution in [3.63, 3.8) is 0 Å². The van der Waals surface area contributed by atoms with E-state index < -0.39 is 0 Å². The molecular formula is C26H33N7O2. The van der Waals surface area contributed by atoms with E-state index in [1.165, 1.54) is 0 Å². The van der Waals surface area contributed by atoms with Crippen molar-refractivity contribution in [2.45, 2.75) is 45.3 Å². The molecule has 2 aromatic heterocycles. The molecule has 0 aliphatic rings. The molecular weight excluding hydrogens is 442 g/mol. The Balaban J connectivity index is 1.77. The normalized spacial score (nSPS) is 12.3. The third-order valence-corrected chi connectivity index (χ3v) is 6.04. The van der Waals surface area contributed by atoms with Crippen LogP contribution in [-0.2, 0) is 17.9 Å². The lowest BCUT2D eigenvalue weighted by molar-refractivity contribution is -0.117. The number of benzene rings is 2. The van der Waals surface area contributed by atoms with Crippen molar-refractivity contribution >= 4 is 39.6 Å². The molecule has 0 spiro atoms. The summed E-state index contributed by atoms with van der Waals surface area (Å²) in [7, 11) is 0. The summed E-state index contributed by atoms with van der Waals surface area (Å²) in [6.07, 6.45) is 2.52. The van der Waals surface area contributed by atoms with Gasteiger partial charge in [-0.05, 0) is 30.0 Å². The number of fused-ring (bicyclic) bond motifs is 3. The van der Waals surface area contributed by atoms with Gasteiger partial charge in [-0.1, -0.05) is 55.8 Å². The van der Waals surface area contributed by atoms with Crippen LogP contribution in [-0.4, -0.2) is 44.7 Å². The van der Waals surface area contributed by atoms with Gasteiger partial charge in [0.15, 0.2) is 5.82 Å². The quantitative estimate of drug-likeness (QED) is 0.212. The van der Waals surface area contributed by atoms with E-state index in [2.05, 4.69) is 50.3 Å². The number of carbonyl (C=O) groups excluding carboxylic acids is 1. The van der Waals surface area contributed by atoms with Gasteiger partial charge in [-0.2, -0.15) is 4.98 Å². The fourth-order valence-corrected chi connectivity index (χ4v) is 4.55. The first-order valence-corrected chi connectivity index (χ1v) is 12.0. The second-order valence-electron chi connectivity index (χ2n) is 8.76. The summed E-state index contributed by atoms with van der Waals surface area (Å²) in [5, 5.41) is 17.2. The first-order chi connectivity index (χ1) is 17.0. The second kappa shape index (κ2) is 11.2. The zero-order valence-electron chi connectivity index (χ0n) is 20.0. The van der Waals surface area contributed by atoms with Crippen molar-refractivity contribution in [3.05, 3.63) is 59.7 Å². The molecule has 1 atom stereocenters. The number of anilines is 2. The molecule has 4 rings (SSSR count). The van der Waals surface area contributed by atoms with Crippen molar-refractivity contribution in [2.75, 3.05) is 24.2 Å². The van der Waals surface area contributed by atoms with Crippen LogP contribution in [0.5, 0.6) is 0 Å². The zero-order chi connectivity index (χ0) is 24.8. The van der Waals surface area contributed by atoms with Crippen molar-refractivity contribution in [3.8, 4) is 0 Å². The molecule has 9 heteroatoms. The zero-order valence-corrected chi connectivity index (χ0v) is 20.0. The van der Waals surface area contributed by atoms with Gasteiger partial charge in [-0.25, -0.2) is 4.98 Å². The lowest BCUT2D eigenvalue weighted by Gasteiger charge is -2.19. The van der Waals surface area contributed by atoms with E-state index in [9.17, 15) is 9.90 Å². The molecule has 0 radical (unpaired) electrons. The smallest absolute Gasteiger partial charge is 0.231 e. The fraction of sp³-hybridized carbons (Fsp3) is 0.346. The maximum Gasteiger partial charge on any atom is 0.231 e. The minimum absolute atomic E-state index is 0.0774. The van der Waals surface area contributed by atoms with E-state index in [-0.39, 0.29) is 31.0 Å². The SMILES string of the molecule is CCC[C@@H](CCO)Nc1nc(N)nc2c3ccccc3n(Cc3cccc(CNCC(N)=O)c3)c12. The predicted octanol–water partition coefficient (Wildman–Crippen LogP) is 2.75. The topological polar surface area (TPSA) is 144 Å². The number of amides is 1. The standard InChI is InChI=1S/C26H33N7O2/c1-2-6-19(11-12-34)30-25-24-23(31-26(28)32-25)20-9-3-4-10-21(20)33(24)16-18-8-5-7-17(13-18)14-29-15-22(27)35/h3-5,7-10,13,19,29,34H,2,6,11-12,14-16H2,1H3,(H2,27,35)(H3,28,30,31,32)/t19-/m0/s1. The Kier molecular flexibility index (Phi) is 7.79. The molecule has 0 bridgehead atoms. The van der Waals surface area contributed by atoms with Crippen LogP contribution in [0.2, 0.25) is 0 Å². The molecule has 4 aromatic rings. The first-order valence-electron chi connectivity index (χ1n) is 12.0. The number of aromatic nitrogens is 3. The summed E-state index contributed by atoms with van der Waals surface area (Å²) in [5.74, 6) is 0.507. The van der Waals surface area contributed by atoms with Crippen molar-refractivity contribution in [1.82, 2.24) is 19.9 Å².